The zero-order chi connectivity index (χ0) is 21.3. The summed E-state index contributed by atoms with van der Waals surface area (Å²) in [4.78, 5) is 27.9. The van der Waals surface area contributed by atoms with Crippen LogP contribution in [0.15, 0.2) is 6.20 Å². The number of halogens is 3. The molecule has 29 heavy (non-hydrogen) atoms. The van der Waals surface area contributed by atoms with Crippen LogP contribution in [0.1, 0.15) is 27.2 Å². The Balaban J connectivity index is 1.93. The molecule has 0 saturated carbocycles. The lowest BCUT2D eigenvalue weighted by molar-refractivity contribution is 0.0145. The normalized spacial score (nSPS) is 17.3. The lowest BCUT2D eigenvalue weighted by atomic mass is 10.1. The van der Waals surface area contributed by atoms with Crippen LogP contribution in [0.25, 0.3) is 10.9 Å². The van der Waals surface area contributed by atoms with Gasteiger partial charge < -0.3 is 14.5 Å². The van der Waals surface area contributed by atoms with Gasteiger partial charge in [0.2, 0.25) is 5.28 Å². The molecule has 1 aliphatic rings. The van der Waals surface area contributed by atoms with E-state index in [-0.39, 0.29) is 22.4 Å². The molecule has 3 heterocycles. The fourth-order valence-electron chi connectivity index (χ4n) is 3.12. The van der Waals surface area contributed by atoms with Gasteiger partial charge in [0.15, 0.2) is 11.0 Å². The van der Waals surface area contributed by atoms with Crippen molar-refractivity contribution in [1.82, 2.24) is 19.9 Å². The summed E-state index contributed by atoms with van der Waals surface area (Å²) in [5.41, 5.74) is -0.684. The van der Waals surface area contributed by atoms with Crippen molar-refractivity contribution >= 4 is 46.0 Å². The van der Waals surface area contributed by atoms with Crippen LogP contribution in [-0.4, -0.2) is 57.2 Å². The average Bonchev–Trinajstić information content (AvgIpc) is 2.63. The van der Waals surface area contributed by atoms with Crippen molar-refractivity contribution in [1.29, 1.82) is 5.26 Å². The van der Waals surface area contributed by atoms with Gasteiger partial charge in [-0.1, -0.05) is 11.6 Å². The number of ether oxygens (including phenoxy) is 1. The topological polar surface area (TPSA) is 95.2 Å². The van der Waals surface area contributed by atoms with Crippen LogP contribution >= 0.6 is 23.2 Å². The highest BCUT2D eigenvalue weighted by Crippen LogP contribution is 2.31. The molecule has 1 amide bonds. The van der Waals surface area contributed by atoms with Gasteiger partial charge in [-0.25, -0.2) is 19.2 Å². The first kappa shape index (κ1) is 21.3. The molecule has 1 unspecified atom stereocenters. The monoisotopic (exact) mass is 440 g/mol. The van der Waals surface area contributed by atoms with E-state index in [4.69, 9.17) is 27.9 Å². The highest BCUT2D eigenvalue weighted by atomic mass is 35.5. The number of carbonyl (C=O) groups is 1. The zero-order valence-corrected chi connectivity index (χ0v) is 17.6. The Bertz CT molecular complexity index is 991. The van der Waals surface area contributed by atoms with Gasteiger partial charge in [-0.15, -0.1) is 0 Å². The molecular weight excluding hydrogens is 422 g/mol. The highest BCUT2D eigenvalue weighted by Gasteiger charge is 2.34. The molecule has 0 N–H and O–H groups in total. The van der Waals surface area contributed by atoms with E-state index in [2.05, 4.69) is 21.0 Å². The first-order valence-corrected chi connectivity index (χ1v) is 9.65. The first-order chi connectivity index (χ1) is 13.6. The van der Waals surface area contributed by atoms with Gasteiger partial charge in [-0.2, -0.15) is 10.2 Å². The number of hydrogen-bond acceptors (Lipinski definition) is 7. The second kappa shape index (κ2) is 8.13. The number of anilines is 1. The Labute approximate surface area is 177 Å². The predicted octanol–water partition coefficient (Wildman–Crippen LogP) is 3.81. The van der Waals surface area contributed by atoms with Crippen molar-refractivity contribution in [2.24, 2.45) is 0 Å². The number of hydrogen-bond donors (Lipinski definition) is 0. The Hall–Kier alpha value is -2.44. The van der Waals surface area contributed by atoms with Crippen LogP contribution in [0.4, 0.5) is 15.0 Å². The number of pyridine rings is 1. The minimum Gasteiger partial charge on any atom is -0.444 e. The summed E-state index contributed by atoms with van der Waals surface area (Å²) in [5, 5.41) is 9.12. The van der Waals surface area contributed by atoms with Gasteiger partial charge in [-0.3, -0.25) is 0 Å². The Kier molecular flexibility index (Phi) is 5.96. The zero-order valence-electron chi connectivity index (χ0n) is 16.1. The summed E-state index contributed by atoms with van der Waals surface area (Å²) >= 11 is 11.8. The van der Waals surface area contributed by atoms with E-state index in [0.717, 1.165) is 0 Å². The fraction of sp³-hybridized carbons (Fsp3) is 0.500. The van der Waals surface area contributed by atoms with Crippen LogP contribution < -0.4 is 4.90 Å². The van der Waals surface area contributed by atoms with E-state index in [9.17, 15) is 14.4 Å². The van der Waals surface area contributed by atoms with E-state index in [1.807, 2.05) is 4.90 Å². The van der Waals surface area contributed by atoms with Crippen LogP contribution in [0, 0.1) is 17.1 Å². The largest absolute Gasteiger partial charge is 0.444 e. The van der Waals surface area contributed by atoms with E-state index in [1.165, 1.54) is 11.1 Å². The van der Waals surface area contributed by atoms with Crippen LogP contribution in [0.3, 0.4) is 0 Å². The van der Waals surface area contributed by atoms with E-state index < -0.39 is 23.6 Å². The number of piperazine rings is 1. The molecule has 2 aromatic heterocycles. The maximum atomic E-state index is 14.4. The minimum atomic E-state index is -0.782. The molecule has 1 fully saturated rings. The Morgan fingerprint density at radius 3 is 2.76 bits per heavy atom. The SMILES string of the molecule is CC(C)(C)OC(=O)N1CCN(c2nc(Cl)nc3c(F)c(Cl)ncc23)CC1CC#N. The predicted molar refractivity (Wildman–Crippen MR) is 106 cm³/mol. The number of aromatic nitrogens is 3. The lowest BCUT2D eigenvalue weighted by Gasteiger charge is -2.41. The van der Waals surface area contributed by atoms with Crippen LogP contribution in [0.2, 0.25) is 10.4 Å². The molecule has 3 rings (SSSR count). The number of amides is 1. The summed E-state index contributed by atoms with van der Waals surface area (Å²) in [7, 11) is 0. The van der Waals surface area contributed by atoms with E-state index >= 15 is 0 Å². The third-order valence-electron chi connectivity index (χ3n) is 4.33. The summed E-state index contributed by atoms with van der Waals surface area (Å²) in [6.07, 6.45) is 0.999. The highest BCUT2D eigenvalue weighted by molar-refractivity contribution is 6.30. The van der Waals surface area contributed by atoms with Gasteiger partial charge in [-0.05, 0) is 32.4 Å². The summed E-state index contributed by atoms with van der Waals surface area (Å²) in [5.74, 6) is -0.412. The Morgan fingerprint density at radius 1 is 1.38 bits per heavy atom. The maximum absolute atomic E-state index is 14.4. The van der Waals surface area contributed by atoms with Gasteiger partial charge in [0.05, 0.1) is 23.9 Å². The molecule has 0 bridgehead atoms. The molecule has 8 nitrogen and oxygen atoms in total. The molecule has 0 aliphatic carbocycles. The second-order valence-corrected chi connectivity index (χ2v) is 8.27. The second-order valence-electron chi connectivity index (χ2n) is 7.58. The van der Waals surface area contributed by atoms with E-state index in [0.29, 0.717) is 30.8 Å². The molecule has 1 atom stereocenters. The van der Waals surface area contributed by atoms with Crippen molar-refractivity contribution in [2.45, 2.75) is 38.8 Å². The summed E-state index contributed by atoms with van der Waals surface area (Å²) in [6, 6.07) is 1.66. The van der Waals surface area contributed by atoms with Gasteiger partial charge in [0, 0.05) is 25.8 Å². The quantitative estimate of drug-likeness (QED) is 0.517. The fourth-order valence-corrected chi connectivity index (χ4v) is 3.43. The third kappa shape index (κ3) is 4.60. The molecule has 0 spiro atoms. The summed E-state index contributed by atoms with van der Waals surface area (Å²) < 4.78 is 19.8. The molecule has 154 valence electrons. The number of fused-ring (bicyclic) bond motifs is 1. The standard InChI is InChI=1S/C18H19Cl2FN6O2/c1-18(2,3)29-17(28)27-7-6-26(9-10(27)4-5-22)15-11-8-23-14(19)12(21)13(11)24-16(20)25-15/h8,10H,4,6-7,9H2,1-3H3. The maximum Gasteiger partial charge on any atom is 0.410 e. The minimum absolute atomic E-state index is 0.0357. The molecule has 0 aromatic carbocycles. The molecule has 11 heteroatoms. The third-order valence-corrected chi connectivity index (χ3v) is 4.76. The van der Waals surface area contributed by atoms with Crippen LogP contribution in [-0.2, 0) is 4.74 Å². The van der Waals surface area contributed by atoms with Crippen molar-refractivity contribution in [3.63, 3.8) is 0 Å². The first-order valence-electron chi connectivity index (χ1n) is 8.89. The van der Waals surface area contributed by atoms with Crippen molar-refractivity contribution in [3.8, 4) is 6.07 Å². The van der Waals surface area contributed by atoms with Crippen molar-refractivity contribution < 1.29 is 13.9 Å². The molecule has 1 aliphatic heterocycles. The Morgan fingerprint density at radius 2 is 2.10 bits per heavy atom. The average molecular weight is 441 g/mol. The van der Waals surface area contributed by atoms with E-state index in [1.54, 1.807) is 20.8 Å². The van der Waals surface area contributed by atoms with Gasteiger partial charge in [0.25, 0.3) is 0 Å². The molecule has 1 saturated heterocycles. The molecule has 0 radical (unpaired) electrons. The molecular formula is C18H19Cl2FN6O2. The number of rotatable bonds is 2. The molecule has 2 aromatic rings. The smallest absolute Gasteiger partial charge is 0.410 e. The number of nitriles is 1. The number of carbonyl (C=O) groups excluding carboxylic acids is 1. The lowest BCUT2D eigenvalue weighted by Crippen LogP contribution is -2.56. The van der Waals surface area contributed by atoms with Gasteiger partial charge in [0.1, 0.15) is 16.9 Å². The number of nitrogens with zero attached hydrogens (tertiary/aromatic N) is 6. The van der Waals surface area contributed by atoms with Gasteiger partial charge >= 0.3 is 6.09 Å². The van der Waals surface area contributed by atoms with Crippen molar-refractivity contribution in [3.05, 3.63) is 22.5 Å². The van der Waals surface area contributed by atoms with Crippen LogP contribution in [0.5, 0.6) is 0 Å². The summed E-state index contributed by atoms with van der Waals surface area (Å²) in [6.45, 7) is 6.31. The van der Waals surface area contributed by atoms with Crippen molar-refractivity contribution in [2.75, 3.05) is 24.5 Å².